The van der Waals surface area contributed by atoms with Gasteiger partial charge >= 0.3 is 0 Å². The Morgan fingerprint density at radius 2 is 2.00 bits per heavy atom. The SMILES string of the molecule is O=C(CSCc1nc2scc(-c3ccccc3)c2c(=O)[nH]1)N(Cc1ccco1)C1CCCC1. The van der Waals surface area contributed by atoms with Gasteiger partial charge in [0.05, 0.1) is 29.7 Å². The van der Waals surface area contributed by atoms with Gasteiger partial charge in [0.2, 0.25) is 5.91 Å². The van der Waals surface area contributed by atoms with Crippen molar-refractivity contribution in [2.24, 2.45) is 0 Å². The van der Waals surface area contributed by atoms with Crippen LogP contribution in [0.4, 0.5) is 0 Å². The van der Waals surface area contributed by atoms with Crippen molar-refractivity contribution in [1.29, 1.82) is 0 Å². The summed E-state index contributed by atoms with van der Waals surface area (Å²) in [5, 5.41) is 2.61. The monoisotopic (exact) mass is 479 g/mol. The van der Waals surface area contributed by atoms with Crippen molar-refractivity contribution in [3.05, 3.63) is 76.0 Å². The Bertz CT molecular complexity index is 1280. The highest BCUT2D eigenvalue weighted by Crippen LogP contribution is 2.31. The molecule has 1 N–H and O–H groups in total. The zero-order valence-corrected chi connectivity index (χ0v) is 19.8. The summed E-state index contributed by atoms with van der Waals surface area (Å²) in [5.41, 5.74) is 1.78. The van der Waals surface area contributed by atoms with Gasteiger partial charge in [0.1, 0.15) is 16.4 Å². The van der Waals surface area contributed by atoms with E-state index in [4.69, 9.17) is 4.42 Å². The number of benzene rings is 1. The second kappa shape index (κ2) is 9.97. The Morgan fingerprint density at radius 1 is 1.18 bits per heavy atom. The lowest BCUT2D eigenvalue weighted by atomic mass is 10.1. The van der Waals surface area contributed by atoms with Gasteiger partial charge in [-0.1, -0.05) is 43.2 Å². The number of thiophene rings is 1. The van der Waals surface area contributed by atoms with E-state index in [1.165, 1.54) is 23.1 Å². The average molecular weight is 480 g/mol. The number of carbonyl (C=O) groups excluding carboxylic acids is 1. The van der Waals surface area contributed by atoms with Crippen molar-refractivity contribution in [1.82, 2.24) is 14.9 Å². The van der Waals surface area contributed by atoms with Crippen molar-refractivity contribution >= 4 is 39.2 Å². The third-order valence-corrected chi connectivity index (χ3v) is 7.84. The molecule has 5 rings (SSSR count). The van der Waals surface area contributed by atoms with Crippen LogP contribution in [0.3, 0.4) is 0 Å². The molecule has 4 aromatic rings. The minimum Gasteiger partial charge on any atom is -0.467 e. The van der Waals surface area contributed by atoms with Crippen LogP contribution in [0, 0.1) is 0 Å². The van der Waals surface area contributed by atoms with E-state index < -0.39 is 0 Å². The van der Waals surface area contributed by atoms with Gasteiger partial charge < -0.3 is 14.3 Å². The molecule has 0 aliphatic heterocycles. The molecule has 8 heteroatoms. The van der Waals surface area contributed by atoms with Gasteiger partial charge in [0.25, 0.3) is 5.56 Å². The molecule has 170 valence electrons. The van der Waals surface area contributed by atoms with Crippen molar-refractivity contribution in [3.63, 3.8) is 0 Å². The van der Waals surface area contributed by atoms with Crippen LogP contribution in [0.5, 0.6) is 0 Å². The molecule has 0 atom stereocenters. The normalized spacial score (nSPS) is 14.2. The highest BCUT2D eigenvalue weighted by molar-refractivity contribution is 7.99. The van der Waals surface area contributed by atoms with Crippen molar-refractivity contribution in [2.45, 2.75) is 44.0 Å². The van der Waals surface area contributed by atoms with E-state index in [-0.39, 0.29) is 17.5 Å². The van der Waals surface area contributed by atoms with Gasteiger partial charge in [-0.25, -0.2) is 4.98 Å². The number of carbonyl (C=O) groups is 1. The van der Waals surface area contributed by atoms with Crippen LogP contribution in [0.25, 0.3) is 21.3 Å². The molecule has 1 amide bonds. The molecule has 0 radical (unpaired) electrons. The largest absolute Gasteiger partial charge is 0.467 e. The molecule has 1 saturated carbocycles. The first-order valence-corrected chi connectivity index (χ1v) is 13.2. The summed E-state index contributed by atoms with van der Waals surface area (Å²) in [6.07, 6.45) is 6.07. The van der Waals surface area contributed by atoms with Crippen LogP contribution in [0.15, 0.2) is 63.3 Å². The maximum absolute atomic E-state index is 13.1. The summed E-state index contributed by atoms with van der Waals surface area (Å²) in [4.78, 5) is 36.2. The van der Waals surface area contributed by atoms with Gasteiger partial charge in [-0.15, -0.1) is 23.1 Å². The number of nitrogens with one attached hydrogen (secondary N) is 1. The lowest BCUT2D eigenvalue weighted by molar-refractivity contribution is -0.131. The van der Waals surface area contributed by atoms with E-state index in [0.717, 1.165) is 47.4 Å². The third kappa shape index (κ3) is 4.91. The molecule has 0 spiro atoms. The third-order valence-electron chi connectivity index (χ3n) is 6.03. The number of hydrogen-bond donors (Lipinski definition) is 1. The standard InChI is InChI=1S/C25H25N3O3S2/c29-22(28(18-9-4-5-10-18)13-19-11-6-12-31-19)16-32-15-21-26-24(30)23-20(14-33-25(23)27-21)17-7-2-1-3-8-17/h1-3,6-8,11-12,14,18H,4-5,9-10,13,15-16H2,(H,26,27,30). The minimum atomic E-state index is -0.132. The topological polar surface area (TPSA) is 79.2 Å². The van der Waals surface area contributed by atoms with Gasteiger partial charge in [0, 0.05) is 17.0 Å². The first-order valence-electron chi connectivity index (χ1n) is 11.1. The molecule has 0 unspecified atom stereocenters. The molecule has 1 aromatic carbocycles. The highest BCUT2D eigenvalue weighted by Gasteiger charge is 2.27. The fraction of sp³-hybridized carbons (Fsp3) is 0.320. The van der Waals surface area contributed by atoms with Crippen LogP contribution in [-0.4, -0.2) is 32.6 Å². The second-order valence-corrected chi connectivity index (χ2v) is 10.1. The molecular formula is C25H25N3O3S2. The zero-order valence-electron chi connectivity index (χ0n) is 18.2. The predicted octanol–water partition coefficient (Wildman–Crippen LogP) is 5.45. The van der Waals surface area contributed by atoms with E-state index >= 15 is 0 Å². The van der Waals surface area contributed by atoms with E-state index in [1.807, 2.05) is 52.7 Å². The summed E-state index contributed by atoms with van der Waals surface area (Å²) in [6.45, 7) is 0.509. The lowest BCUT2D eigenvalue weighted by Crippen LogP contribution is -2.39. The van der Waals surface area contributed by atoms with Gasteiger partial charge in [-0.2, -0.15) is 0 Å². The van der Waals surface area contributed by atoms with Crippen molar-refractivity contribution in [3.8, 4) is 11.1 Å². The number of hydrogen-bond acceptors (Lipinski definition) is 6. The quantitative estimate of drug-likeness (QED) is 0.364. The fourth-order valence-electron chi connectivity index (χ4n) is 4.42. The highest BCUT2D eigenvalue weighted by atomic mass is 32.2. The van der Waals surface area contributed by atoms with E-state index in [1.54, 1.807) is 6.26 Å². The van der Waals surface area contributed by atoms with Crippen molar-refractivity contribution in [2.75, 3.05) is 5.75 Å². The summed E-state index contributed by atoms with van der Waals surface area (Å²) >= 11 is 2.96. The van der Waals surface area contributed by atoms with Crippen LogP contribution in [-0.2, 0) is 17.1 Å². The number of H-pyrrole nitrogens is 1. The van der Waals surface area contributed by atoms with Crippen LogP contribution >= 0.6 is 23.1 Å². The maximum Gasteiger partial charge on any atom is 0.260 e. The van der Waals surface area contributed by atoms with E-state index in [2.05, 4.69) is 9.97 Å². The van der Waals surface area contributed by atoms with Crippen LogP contribution in [0.1, 0.15) is 37.3 Å². The number of furan rings is 1. The number of thioether (sulfide) groups is 1. The average Bonchev–Trinajstić information content (AvgIpc) is 3.60. The minimum absolute atomic E-state index is 0.106. The lowest BCUT2D eigenvalue weighted by Gasteiger charge is -2.28. The molecule has 1 fully saturated rings. The number of amides is 1. The van der Waals surface area contributed by atoms with Gasteiger partial charge in [-0.3, -0.25) is 9.59 Å². The smallest absolute Gasteiger partial charge is 0.260 e. The molecule has 0 saturated heterocycles. The molecule has 3 aromatic heterocycles. The molecule has 0 bridgehead atoms. The van der Waals surface area contributed by atoms with E-state index in [9.17, 15) is 9.59 Å². The number of fused-ring (bicyclic) bond motifs is 1. The molecule has 1 aliphatic carbocycles. The fourth-order valence-corrected chi connectivity index (χ4v) is 6.16. The predicted molar refractivity (Wildman–Crippen MR) is 133 cm³/mol. The first kappa shape index (κ1) is 22.0. The number of aromatic nitrogens is 2. The Hall–Kier alpha value is -2.84. The Kier molecular flexibility index (Phi) is 6.64. The number of aromatic amines is 1. The zero-order chi connectivity index (χ0) is 22.6. The van der Waals surface area contributed by atoms with Gasteiger partial charge in [0.15, 0.2) is 0 Å². The van der Waals surface area contributed by atoms with Crippen LogP contribution in [0.2, 0.25) is 0 Å². The number of nitrogens with zero attached hydrogens (tertiary/aromatic N) is 2. The molecule has 3 heterocycles. The summed E-state index contributed by atoms with van der Waals surface area (Å²) in [5.74, 6) is 2.34. The Balaban J connectivity index is 1.26. The molecule has 1 aliphatic rings. The van der Waals surface area contributed by atoms with Crippen molar-refractivity contribution < 1.29 is 9.21 Å². The Labute approximate surface area is 200 Å². The maximum atomic E-state index is 13.1. The molecule has 6 nitrogen and oxygen atoms in total. The first-order chi connectivity index (χ1) is 16.2. The summed E-state index contributed by atoms with van der Waals surface area (Å²) < 4.78 is 5.49. The van der Waals surface area contributed by atoms with E-state index in [0.29, 0.717) is 29.3 Å². The molecule has 33 heavy (non-hydrogen) atoms. The number of rotatable bonds is 8. The molecular weight excluding hydrogens is 454 g/mol. The van der Waals surface area contributed by atoms with Crippen LogP contribution < -0.4 is 5.56 Å². The Morgan fingerprint density at radius 3 is 2.76 bits per heavy atom. The van der Waals surface area contributed by atoms with Gasteiger partial charge in [-0.05, 0) is 30.5 Å². The second-order valence-electron chi connectivity index (χ2n) is 8.24. The summed E-state index contributed by atoms with van der Waals surface area (Å²) in [6, 6.07) is 13.9. The summed E-state index contributed by atoms with van der Waals surface area (Å²) in [7, 11) is 0.